The van der Waals surface area contributed by atoms with Crippen LogP contribution >= 0.6 is 0 Å². The van der Waals surface area contributed by atoms with Crippen molar-refractivity contribution in [2.75, 3.05) is 24.2 Å². The molecule has 0 aliphatic carbocycles. The molecule has 1 N–H and O–H groups in total. The number of nitrogens with one attached hydrogen (secondary N) is 1. The fourth-order valence-electron chi connectivity index (χ4n) is 4.85. The van der Waals surface area contributed by atoms with E-state index in [2.05, 4.69) is 5.32 Å². The molecule has 0 radical (unpaired) electrons. The van der Waals surface area contributed by atoms with Crippen LogP contribution in [0.5, 0.6) is 5.75 Å². The first kappa shape index (κ1) is 33.6. The molecule has 3 aromatic rings. The first-order chi connectivity index (χ1) is 20.4. The summed E-state index contributed by atoms with van der Waals surface area (Å²) < 4.78 is 32.2. The Labute approximate surface area is 257 Å². The lowest BCUT2D eigenvalue weighted by atomic mass is 10.0. The topological polar surface area (TPSA) is 96.0 Å². The van der Waals surface area contributed by atoms with Gasteiger partial charge >= 0.3 is 0 Å². The predicted molar refractivity (Wildman–Crippen MR) is 173 cm³/mol. The number of hydrogen-bond donors (Lipinski definition) is 1. The molecule has 3 aromatic carbocycles. The van der Waals surface area contributed by atoms with Crippen molar-refractivity contribution in [2.24, 2.45) is 0 Å². The number of nitrogens with zero attached hydrogens (tertiary/aromatic N) is 2. The van der Waals surface area contributed by atoms with Crippen molar-refractivity contribution >= 4 is 27.5 Å². The van der Waals surface area contributed by atoms with Crippen molar-refractivity contribution in [2.45, 2.75) is 72.0 Å². The summed E-state index contributed by atoms with van der Waals surface area (Å²) in [6.07, 6.45) is 2.64. The van der Waals surface area contributed by atoms with Crippen molar-refractivity contribution in [1.29, 1.82) is 0 Å². The number of sulfonamides is 1. The van der Waals surface area contributed by atoms with Crippen molar-refractivity contribution in [1.82, 2.24) is 10.2 Å². The van der Waals surface area contributed by atoms with Gasteiger partial charge < -0.3 is 15.0 Å². The summed E-state index contributed by atoms with van der Waals surface area (Å²) in [4.78, 5) is 29.3. The van der Waals surface area contributed by atoms with Crippen LogP contribution in [-0.4, -0.2) is 57.1 Å². The number of rotatable bonds is 15. The largest absolute Gasteiger partial charge is 0.497 e. The number of methoxy groups -OCH3 is 1. The summed E-state index contributed by atoms with van der Waals surface area (Å²) >= 11 is 0. The molecule has 0 heterocycles. The molecule has 9 heteroatoms. The Morgan fingerprint density at radius 2 is 1.63 bits per heavy atom. The zero-order valence-electron chi connectivity index (χ0n) is 26.2. The molecule has 2 amide bonds. The van der Waals surface area contributed by atoms with Crippen LogP contribution in [0.4, 0.5) is 5.69 Å². The first-order valence-corrected chi connectivity index (χ1v) is 16.6. The lowest BCUT2D eigenvalue weighted by Gasteiger charge is -2.33. The maximum atomic E-state index is 14.0. The molecule has 43 heavy (non-hydrogen) atoms. The third-order valence-corrected chi connectivity index (χ3v) is 8.88. The van der Waals surface area contributed by atoms with Crippen molar-refractivity contribution < 1.29 is 22.7 Å². The molecule has 0 aromatic heterocycles. The van der Waals surface area contributed by atoms with Crippen molar-refractivity contribution in [3.05, 3.63) is 95.1 Å². The Kier molecular flexibility index (Phi) is 12.2. The van der Waals surface area contributed by atoms with Gasteiger partial charge in [0, 0.05) is 32.0 Å². The normalized spacial score (nSPS) is 12.7. The van der Waals surface area contributed by atoms with E-state index in [1.165, 1.54) is 10.6 Å². The predicted octanol–water partition coefficient (Wildman–Crippen LogP) is 5.41. The molecule has 3 rings (SSSR count). The number of aryl methyl sites for hydroxylation is 2. The monoisotopic (exact) mass is 607 g/mol. The summed E-state index contributed by atoms with van der Waals surface area (Å²) in [5, 5.41) is 3.07. The second-order valence-electron chi connectivity index (χ2n) is 11.1. The van der Waals surface area contributed by atoms with E-state index in [0.29, 0.717) is 24.3 Å². The van der Waals surface area contributed by atoms with E-state index < -0.39 is 16.1 Å². The number of ether oxygens (including phenoxy) is 1. The van der Waals surface area contributed by atoms with Gasteiger partial charge in [0.1, 0.15) is 11.8 Å². The van der Waals surface area contributed by atoms with Gasteiger partial charge in [-0.15, -0.1) is 0 Å². The Hall–Kier alpha value is -3.85. The molecule has 8 nitrogen and oxygen atoms in total. The lowest BCUT2D eigenvalue weighted by molar-refractivity contribution is -0.141. The van der Waals surface area contributed by atoms with E-state index in [1.54, 1.807) is 18.1 Å². The first-order valence-electron chi connectivity index (χ1n) is 14.7. The molecular weight excluding hydrogens is 562 g/mol. The Balaban J connectivity index is 1.91. The van der Waals surface area contributed by atoms with Gasteiger partial charge in [0.2, 0.25) is 21.8 Å². The number of anilines is 1. The zero-order valence-corrected chi connectivity index (χ0v) is 27.0. The summed E-state index contributed by atoms with van der Waals surface area (Å²) in [7, 11) is -1.99. The smallest absolute Gasteiger partial charge is 0.243 e. The van der Waals surface area contributed by atoms with E-state index in [1.807, 2.05) is 94.4 Å². The van der Waals surface area contributed by atoms with Gasteiger partial charge in [-0.1, -0.05) is 55.5 Å². The lowest BCUT2D eigenvalue weighted by Crippen LogP contribution is -2.52. The van der Waals surface area contributed by atoms with Gasteiger partial charge in [-0.3, -0.25) is 13.9 Å². The second kappa shape index (κ2) is 15.6. The average molecular weight is 608 g/mol. The van der Waals surface area contributed by atoms with Gasteiger partial charge in [-0.2, -0.15) is 0 Å². The maximum absolute atomic E-state index is 14.0. The summed E-state index contributed by atoms with van der Waals surface area (Å²) in [5.74, 6) is 0.213. The average Bonchev–Trinajstić information content (AvgIpc) is 2.98. The highest BCUT2D eigenvalue weighted by Gasteiger charge is 2.31. The number of benzene rings is 3. The molecule has 232 valence electrons. The Bertz CT molecular complexity index is 1480. The third-order valence-electron chi connectivity index (χ3n) is 7.69. The Morgan fingerprint density at radius 1 is 0.930 bits per heavy atom. The van der Waals surface area contributed by atoms with Gasteiger partial charge in [-0.25, -0.2) is 8.42 Å². The highest BCUT2D eigenvalue weighted by Crippen LogP contribution is 2.23. The van der Waals surface area contributed by atoms with E-state index >= 15 is 0 Å². The molecular formula is C34H45N3O5S. The van der Waals surface area contributed by atoms with E-state index in [-0.39, 0.29) is 37.4 Å². The Morgan fingerprint density at radius 3 is 2.26 bits per heavy atom. The third kappa shape index (κ3) is 9.85. The van der Waals surface area contributed by atoms with Crippen LogP contribution in [-0.2, 0) is 32.6 Å². The molecule has 0 fully saturated rings. The summed E-state index contributed by atoms with van der Waals surface area (Å²) in [5.41, 5.74) is 4.40. The minimum absolute atomic E-state index is 0.0548. The molecule has 0 unspecified atom stereocenters. The summed E-state index contributed by atoms with van der Waals surface area (Å²) in [6, 6.07) is 21.8. The molecule has 0 saturated carbocycles. The maximum Gasteiger partial charge on any atom is 0.243 e. The van der Waals surface area contributed by atoms with Crippen LogP contribution in [0.3, 0.4) is 0 Å². The van der Waals surface area contributed by atoms with Gasteiger partial charge in [0.25, 0.3) is 0 Å². The number of carbonyl (C=O) groups excluding carboxylic acids is 2. The highest BCUT2D eigenvalue weighted by molar-refractivity contribution is 7.92. The van der Waals surface area contributed by atoms with Crippen molar-refractivity contribution in [3.63, 3.8) is 0 Å². The van der Waals surface area contributed by atoms with Crippen LogP contribution in [0, 0.1) is 13.8 Å². The minimum Gasteiger partial charge on any atom is -0.497 e. The number of carbonyl (C=O) groups is 2. The fraction of sp³-hybridized carbons (Fsp3) is 0.412. The van der Waals surface area contributed by atoms with E-state index in [4.69, 9.17) is 4.74 Å². The second-order valence-corrected chi connectivity index (χ2v) is 13.0. The molecule has 2 atom stereocenters. The SMILES string of the molecule is CC[C@H](C)NC(=O)[C@@H](Cc1ccccc1)N(Cc1cccc(OC)c1)C(=O)CCCN(c1ccc(C)c(C)c1)S(C)(=O)=O. The van der Waals surface area contributed by atoms with Crippen LogP contribution in [0.2, 0.25) is 0 Å². The molecule has 0 saturated heterocycles. The van der Waals surface area contributed by atoms with Gasteiger partial charge in [-0.05, 0) is 80.1 Å². The number of amides is 2. The summed E-state index contributed by atoms with van der Waals surface area (Å²) in [6.45, 7) is 8.20. The van der Waals surface area contributed by atoms with Gasteiger partial charge in [0.15, 0.2) is 0 Å². The van der Waals surface area contributed by atoms with Crippen LogP contribution < -0.4 is 14.4 Å². The fourth-order valence-corrected chi connectivity index (χ4v) is 5.80. The van der Waals surface area contributed by atoms with Crippen LogP contribution in [0.15, 0.2) is 72.8 Å². The van der Waals surface area contributed by atoms with Crippen LogP contribution in [0.25, 0.3) is 0 Å². The van der Waals surface area contributed by atoms with E-state index in [9.17, 15) is 18.0 Å². The quantitative estimate of drug-likeness (QED) is 0.249. The van der Waals surface area contributed by atoms with Gasteiger partial charge in [0.05, 0.1) is 19.1 Å². The van der Waals surface area contributed by atoms with Crippen LogP contribution in [0.1, 0.15) is 55.4 Å². The number of hydrogen-bond acceptors (Lipinski definition) is 5. The molecule has 0 aliphatic heterocycles. The molecule has 0 spiro atoms. The molecule has 0 bridgehead atoms. The minimum atomic E-state index is -3.58. The highest BCUT2D eigenvalue weighted by atomic mass is 32.2. The van der Waals surface area contributed by atoms with Crippen molar-refractivity contribution in [3.8, 4) is 5.75 Å². The molecule has 0 aliphatic rings. The standard InChI is InChI=1S/C34H45N3O5S/c1-7-27(4)35-34(39)32(23-28-13-9-8-10-14-28)36(24-29-15-11-16-31(22-29)42-5)33(38)17-12-20-37(43(6,40)41)30-19-18-25(2)26(3)21-30/h8-11,13-16,18-19,21-22,27,32H,7,12,17,20,23-24H2,1-6H3,(H,35,39)/t27-,32+/m0/s1. The zero-order chi connectivity index (χ0) is 31.6. The van der Waals surface area contributed by atoms with E-state index in [0.717, 1.165) is 28.7 Å².